The van der Waals surface area contributed by atoms with Gasteiger partial charge in [-0.1, -0.05) is 24.3 Å². The van der Waals surface area contributed by atoms with Gasteiger partial charge in [0.15, 0.2) is 11.4 Å². The van der Waals surface area contributed by atoms with Crippen LogP contribution in [0.3, 0.4) is 0 Å². The highest BCUT2D eigenvalue weighted by Crippen LogP contribution is 2.31. The molecule has 1 atom stereocenters. The number of benzene rings is 2. The molecule has 18 heteroatoms. The van der Waals surface area contributed by atoms with Crippen molar-refractivity contribution >= 4 is 46.9 Å². The average Bonchev–Trinajstić information content (AvgIpc) is 3.68. The predicted molar refractivity (Wildman–Crippen MR) is 229 cm³/mol. The molecule has 8 rings (SSSR count). The molecular formula is C45H48N10O8. The Bertz CT molecular complexity index is 2530. The second-order valence-electron chi connectivity index (χ2n) is 15.9. The van der Waals surface area contributed by atoms with Crippen LogP contribution in [0.25, 0.3) is 17.1 Å². The van der Waals surface area contributed by atoms with Crippen molar-refractivity contribution in [1.29, 1.82) is 0 Å². The lowest BCUT2D eigenvalue weighted by Crippen LogP contribution is -2.54. The number of aryl methyl sites for hydroxylation is 1. The molecule has 2 aromatic carbocycles. The Balaban J connectivity index is 0.729. The van der Waals surface area contributed by atoms with Crippen molar-refractivity contribution in [1.82, 2.24) is 35.3 Å². The highest BCUT2D eigenvalue weighted by atomic mass is 16.5. The Hall–Kier alpha value is -7.05. The summed E-state index contributed by atoms with van der Waals surface area (Å²) in [6, 6.07) is 15.4. The average molecular weight is 857 g/mol. The Morgan fingerprint density at radius 2 is 1.78 bits per heavy atom. The molecule has 18 nitrogen and oxygen atoms in total. The molecule has 5 aromatic rings. The van der Waals surface area contributed by atoms with Gasteiger partial charge in [-0.2, -0.15) is 5.10 Å². The minimum Gasteiger partial charge on any atom is -0.444 e. The largest absolute Gasteiger partial charge is 0.444 e. The van der Waals surface area contributed by atoms with E-state index in [4.69, 9.17) is 14.9 Å². The van der Waals surface area contributed by atoms with Crippen LogP contribution >= 0.6 is 0 Å². The van der Waals surface area contributed by atoms with E-state index in [0.717, 1.165) is 48.4 Å². The number of pyridine rings is 1. The number of ether oxygens (including phenoxy) is 1. The molecule has 1 unspecified atom stereocenters. The monoisotopic (exact) mass is 856 g/mol. The number of imide groups is 2. The lowest BCUT2D eigenvalue weighted by atomic mass is 9.99. The summed E-state index contributed by atoms with van der Waals surface area (Å²) < 4.78 is 12.9. The normalized spacial score (nSPS) is 16.0. The number of primary amides is 1. The third-order valence-corrected chi connectivity index (χ3v) is 11.2. The van der Waals surface area contributed by atoms with E-state index in [1.807, 2.05) is 36.4 Å². The fraction of sp³-hybridized carbons (Fsp3) is 0.356. The Kier molecular flexibility index (Phi) is 13.1. The molecule has 326 valence electrons. The van der Waals surface area contributed by atoms with Gasteiger partial charge >= 0.3 is 0 Å². The van der Waals surface area contributed by atoms with Gasteiger partial charge in [0, 0.05) is 44.5 Å². The van der Waals surface area contributed by atoms with Gasteiger partial charge in [-0.15, -0.1) is 0 Å². The van der Waals surface area contributed by atoms with Crippen molar-refractivity contribution in [3.63, 3.8) is 0 Å². The van der Waals surface area contributed by atoms with Crippen molar-refractivity contribution in [3.8, 4) is 17.1 Å². The summed E-state index contributed by atoms with van der Waals surface area (Å²) in [5.74, 6) is -1.78. The van der Waals surface area contributed by atoms with Gasteiger partial charge in [-0.3, -0.25) is 39.0 Å². The van der Waals surface area contributed by atoms with E-state index in [2.05, 4.69) is 36.3 Å². The molecule has 3 aliphatic rings. The Morgan fingerprint density at radius 1 is 0.952 bits per heavy atom. The van der Waals surface area contributed by atoms with Crippen LogP contribution in [0.4, 0.5) is 11.5 Å². The lowest BCUT2D eigenvalue weighted by molar-refractivity contribution is -0.136. The summed E-state index contributed by atoms with van der Waals surface area (Å²) in [6.45, 7) is 3.45. The second-order valence-corrected chi connectivity index (χ2v) is 15.9. The van der Waals surface area contributed by atoms with Crippen LogP contribution < -0.4 is 27.0 Å². The molecule has 3 aromatic heterocycles. The topological polar surface area (TPSA) is 246 Å². The minimum atomic E-state index is -0.989. The summed E-state index contributed by atoms with van der Waals surface area (Å²) >= 11 is 0. The number of carbonyl (C=O) groups is 6. The summed E-state index contributed by atoms with van der Waals surface area (Å²) in [5.41, 5.74) is 9.42. The van der Waals surface area contributed by atoms with Crippen LogP contribution in [-0.2, 0) is 27.3 Å². The van der Waals surface area contributed by atoms with Crippen LogP contribution in [0.15, 0.2) is 77.7 Å². The number of amides is 6. The van der Waals surface area contributed by atoms with Crippen LogP contribution in [-0.4, -0.2) is 92.4 Å². The zero-order chi connectivity index (χ0) is 43.9. The van der Waals surface area contributed by atoms with Gasteiger partial charge < -0.3 is 30.8 Å². The molecule has 6 N–H and O–H groups in total. The molecular weight excluding hydrogens is 809 g/mol. The van der Waals surface area contributed by atoms with E-state index in [9.17, 15) is 28.8 Å². The molecule has 1 aliphatic carbocycles. The minimum absolute atomic E-state index is 0.0197. The van der Waals surface area contributed by atoms with Gasteiger partial charge in [0.1, 0.15) is 18.1 Å². The first kappa shape index (κ1) is 42.6. The van der Waals surface area contributed by atoms with Gasteiger partial charge in [-0.25, -0.2) is 14.6 Å². The van der Waals surface area contributed by atoms with Crippen LogP contribution in [0.2, 0.25) is 0 Å². The number of nitrogens with zero attached hydrogens (tertiary/aromatic N) is 5. The number of nitrogens with one attached hydrogen (secondary N) is 4. The van der Waals surface area contributed by atoms with Crippen LogP contribution in [0, 0.1) is 5.92 Å². The molecule has 1 saturated carbocycles. The molecule has 2 fully saturated rings. The van der Waals surface area contributed by atoms with Gasteiger partial charge in [0.25, 0.3) is 23.6 Å². The maximum Gasteiger partial charge on any atom is 0.277 e. The quantitative estimate of drug-likeness (QED) is 0.0508. The van der Waals surface area contributed by atoms with E-state index in [-0.39, 0.29) is 41.4 Å². The van der Waals surface area contributed by atoms with Crippen molar-refractivity contribution in [2.75, 3.05) is 36.9 Å². The zero-order valence-electron chi connectivity index (χ0n) is 34.6. The number of oxazole rings is 1. The standard InChI is InChI=1S/C45H48N10O8/c46-40(57)39-33(50-41(58)34-26-63-43(51-34)30-17-19-48-36(22-30)49-24-28-9-10-28)25-54(53-39)31-13-11-27(12-14-31)23-47-18-2-1-3-20-62-21-5-7-29-6-4-8-32-38(29)45(61)55(44(32)60)35-15-16-37(56)52-42(35)59/h4,6,8,11-14,17,19,22,25-26,28,35,47H,1-3,5,7,9-10,15-16,18,20-21,23-24H2,(H2,46,57)(H,48,49)(H,50,58)(H,52,56,59). The fourth-order valence-electron chi connectivity index (χ4n) is 7.60. The third kappa shape index (κ3) is 10.2. The highest BCUT2D eigenvalue weighted by molar-refractivity contribution is 6.24. The smallest absolute Gasteiger partial charge is 0.277 e. The molecule has 0 spiro atoms. The number of carbonyl (C=O) groups excluding carboxylic acids is 6. The number of nitrogens with two attached hydrogens (primary N) is 1. The molecule has 1 saturated heterocycles. The molecule has 0 bridgehead atoms. The first-order chi connectivity index (χ1) is 30.6. The Morgan fingerprint density at radius 3 is 2.57 bits per heavy atom. The van der Waals surface area contributed by atoms with Crippen LogP contribution in [0.5, 0.6) is 0 Å². The number of rotatable bonds is 21. The number of hydrogen-bond acceptors (Lipinski definition) is 13. The van der Waals surface area contributed by atoms with Crippen molar-refractivity contribution in [3.05, 3.63) is 107 Å². The van der Waals surface area contributed by atoms with Gasteiger partial charge in [0.05, 0.1) is 28.7 Å². The van der Waals surface area contributed by atoms with E-state index in [1.54, 1.807) is 24.4 Å². The predicted octanol–water partition coefficient (Wildman–Crippen LogP) is 4.41. The molecule has 63 heavy (non-hydrogen) atoms. The number of unbranched alkanes of at least 4 members (excludes halogenated alkanes) is 2. The number of fused-ring (bicyclic) bond motifs is 1. The summed E-state index contributed by atoms with van der Waals surface area (Å²) in [4.78, 5) is 85.5. The lowest BCUT2D eigenvalue weighted by Gasteiger charge is -2.27. The van der Waals surface area contributed by atoms with Gasteiger partial charge in [0.2, 0.25) is 17.7 Å². The van der Waals surface area contributed by atoms with E-state index in [1.165, 1.54) is 30.0 Å². The summed E-state index contributed by atoms with van der Waals surface area (Å²) in [7, 11) is 0. The Labute approximate surface area is 362 Å². The number of hydrogen-bond donors (Lipinski definition) is 5. The number of anilines is 2. The molecule has 2 aliphatic heterocycles. The van der Waals surface area contributed by atoms with Crippen molar-refractivity contribution < 1.29 is 37.9 Å². The SMILES string of the molecule is NC(=O)c1nn(-c2ccc(CNCCCCCOCCCc3cccc4c3C(=O)N(C3CCC(=O)NC3=O)C4=O)cc2)cc1NC(=O)c1coc(-c2ccnc(NCC3CC3)c2)n1. The highest BCUT2D eigenvalue weighted by Gasteiger charge is 2.45. The van der Waals surface area contributed by atoms with Crippen molar-refractivity contribution in [2.24, 2.45) is 11.7 Å². The van der Waals surface area contributed by atoms with E-state index in [0.29, 0.717) is 61.2 Å². The molecule has 0 radical (unpaired) electrons. The fourth-order valence-corrected chi connectivity index (χ4v) is 7.60. The number of aromatic nitrogens is 4. The summed E-state index contributed by atoms with van der Waals surface area (Å²) in [6.07, 6.45) is 11.1. The summed E-state index contributed by atoms with van der Waals surface area (Å²) in [5, 5.41) is 16.0. The second kappa shape index (κ2) is 19.3. The first-order valence-corrected chi connectivity index (χ1v) is 21.2. The van der Waals surface area contributed by atoms with Crippen molar-refractivity contribution in [2.45, 2.75) is 70.4 Å². The van der Waals surface area contributed by atoms with Crippen LogP contribution in [0.1, 0.15) is 104 Å². The number of piperidine rings is 1. The maximum absolute atomic E-state index is 13.3. The zero-order valence-corrected chi connectivity index (χ0v) is 34.6. The molecule has 5 heterocycles. The van der Waals surface area contributed by atoms with E-state index >= 15 is 0 Å². The van der Waals surface area contributed by atoms with E-state index < -0.39 is 41.5 Å². The first-order valence-electron chi connectivity index (χ1n) is 21.2. The molecule has 6 amide bonds. The third-order valence-electron chi connectivity index (χ3n) is 11.2. The maximum atomic E-state index is 13.3. The van der Waals surface area contributed by atoms with Gasteiger partial charge in [-0.05, 0) is 105 Å².